The third-order valence-corrected chi connectivity index (χ3v) is 2.73. The summed E-state index contributed by atoms with van der Waals surface area (Å²) in [6, 6.07) is 1.01. The lowest BCUT2D eigenvalue weighted by Gasteiger charge is -2.34. The van der Waals surface area contributed by atoms with E-state index in [0.717, 1.165) is 6.04 Å². The molecular formula is C8H15N. The van der Waals surface area contributed by atoms with Gasteiger partial charge in [0.25, 0.3) is 0 Å². The van der Waals surface area contributed by atoms with E-state index in [1.165, 1.54) is 45.2 Å². The Morgan fingerprint density at radius 2 is 1.56 bits per heavy atom. The zero-order valence-corrected chi connectivity index (χ0v) is 5.97. The van der Waals surface area contributed by atoms with Crippen molar-refractivity contribution in [1.82, 2.24) is 4.90 Å². The highest BCUT2D eigenvalue weighted by atomic mass is 15.2. The average Bonchev–Trinajstić information content (AvgIpc) is 2.11. The molecule has 1 saturated carbocycles. The summed E-state index contributed by atoms with van der Waals surface area (Å²) in [5.41, 5.74) is 0. The summed E-state index contributed by atoms with van der Waals surface area (Å²) in [6.45, 7) is 2.79. The minimum absolute atomic E-state index is 1.01. The highest BCUT2D eigenvalue weighted by molar-refractivity contribution is 4.82. The summed E-state index contributed by atoms with van der Waals surface area (Å²) in [6.07, 6.45) is 7.37. The second-order valence-electron chi connectivity index (χ2n) is 3.33. The smallest absolute Gasteiger partial charge is 0.00952 e. The van der Waals surface area contributed by atoms with Crippen molar-refractivity contribution in [3.63, 3.8) is 0 Å². The van der Waals surface area contributed by atoms with Crippen molar-refractivity contribution >= 4 is 0 Å². The molecule has 0 amide bonds. The van der Waals surface area contributed by atoms with E-state index >= 15 is 0 Å². The van der Waals surface area contributed by atoms with Gasteiger partial charge in [-0.15, -0.1) is 0 Å². The predicted octanol–water partition coefficient (Wildman–Crippen LogP) is 1.63. The topological polar surface area (TPSA) is 3.24 Å². The van der Waals surface area contributed by atoms with Gasteiger partial charge < -0.3 is 4.90 Å². The van der Waals surface area contributed by atoms with Crippen LogP contribution in [0.5, 0.6) is 0 Å². The Labute approximate surface area is 57.0 Å². The zero-order valence-electron chi connectivity index (χ0n) is 5.97. The Balaban J connectivity index is 1.82. The van der Waals surface area contributed by atoms with E-state index in [-0.39, 0.29) is 0 Å². The molecule has 1 nitrogen and oxygen atoms in total. The second-order valence-corrected chi connectivity index (χ2v) is 3.33. The van der Waals surface area contributed by atoms with Gasteiger partial charge in [-0.3, -0.25) is 0 Å². The maximum Gasteiger partial charge on any atom is 0.00952 e. The van der Waals surface area contributed by atoms with E-state index in [9.17, 15) is 0 Å². The van der Waals surface area contributed by atoms with E-state index in [1.54, 1.807) is 0 Å². The van der Waals surface area contributed by atoms with E-state index in [0.29, 0.717) is 0 Å². The SMILES string of the molecule is C1CC(N2CCCC2)C1. The first-order valence-corrected chi connectivity index (χ1v) is 4.21. The molecule has 1 aliphatic carbocycles. The minimum atomic E-state index is 1.01. The number of hydrogen-bond donors (Lipinski definition) is 0. The van der Waals surface area contributed by atoms with E-state index < -0.39 is 0 Å². The van der Waals surface area contributed by atoms with Gasteiger partial charge in [-0.25, -0.2) is 0 Å². The summed E-state index contributed by atoms with van der Waals surface area (Å²) in [5, 5.41) is 0. The molecule has 0 aromatic carbocycles. The highest BCUT2D eigenvalue weighted by Crippen LogP contribution is 2.27. The summed E-state index contributed by atoms with van der Waals surface area (Å²) < 4.78 is 0. The maximum absolute atomic E-state index is 2.67. The van der Waals surface area contributed by atoms with Crippen molar-refractivity contribution in [2.45, 2.75) is 38.1 Å². The van der Waals surface area contributed by atoms with Crippen LogP contribution in [-0.4, -0.2) is 24.0 Å². The van der Waals surface area contributed by atoms with Crippen LogP contribution in [0, 0.1) is 0 Å². The van der Waals surface area contributed by atoms with E-state index in [2.05, 4.69) is 4.90 Å². The summed E-state index contributed by atoms with van der Waals surface area (Å²) >= 11 is 0. The number of rotatable bonds is 1. The molecule has 52 valence electrons. The van der Waals surface area contributed by atoms with Crippen LogP contribution < -0.4 is 0 Å². The van der Waals surface area contributed by atoms with Crippen molar-refractivity contribution in [3.8, 4) is 0 Å². The van der Waals surface area contributed by atoms with E-state index in [1.807, 2.05) is 0 Å². The fraction of sp³-hybridized carbons (Fsp3) is 1.00. The Hall–Kier alpha value is -0.0400. The average molecular weight is 125 g/mol. The van der Waals surface area contributed by atoms with Gasteiger partial charge in [-0.05, 0) is 38.8 Å². The van der Waals surface area contributed by atoms with Crippen LogP contribution >= 0.6 is 0 Å². The van der Waals surface area contributed by atoms with Crippen molar-refractivity contribution < 1.29 is 0 Å². The Morgan fingerprint density at radius 1 is 0.889 bits per heavy atom. The van der Waals surface area contributed by atoms with Crippen molar-refractivity contribution in [3.05, 3.63) is 0 Å². The van der Waals surface area contributed by atoms with Crippen LogP contribution in [0.4, 0.5) is 0 Å². The van der Waals surface area contributed by atoms with Gasteiger partial charge in [0.2, 0.25) is 0 Å². The quantitative estimate of drug-likeness (QED) is 0.515. The standard InChI is InChI=1S/C8H15N/c1-2-7-9(6-1)8-4-3-5-8/h8H,1-7H2. The van der Waals surface area contributed by atoms with E-state index in [4.69, 9.17) is 0 Å². The van der Waals surface area contributed by atoms with Crippen molar-refractivity contribution in [2.24, 2.45) is 0 Å². The molecule has 0 N–H and O–H groups in total. The molecule has 0 radical (unpaired) electrons. The molecule has 0 spiro atoms. The van der Waals surface area contributed by atoms with Crippen LogP contribution in [0.1, 0.15) is 32.1 Å². The molecule has 1 saturated heterocycles. The molecule has 0 atom stereocenters. The fourth-order valence-corrected chi connectivity index (χ4v) is 1.86. The van der Waals surface area contributed by atoms with Crippen molar-refractivity contribution in [1.29, 1.82) is 0 Å². The first-order chi connectivity index (χ1) is 4.47. The molecule has 1 aliphatic heterocycles. The lowest BCUT2D eigenvalue weighted by molar-refractivity contribution is 0.159. The molecule has 2 fully saturated rings. The Bertz CT molecular complexity index is 90.7. The van der Waals surface area contributed by atoms with Gasteiger partial charge in [0.1, 0.15) is 0 Å². The van der Waals surface area contributed by atoms with Gasteiger partial charge in [0, 0.05) is 6.04 Å². The first kappa shape index (κ1) is 5.72. The first-order valence-electron chi connectivity index (χ1n) is 4.21. The molecule has 1 heterocycles. The third-order valence-electron chi connectivity index (χ3n) is 2.73. The minimum Gasteiger partial charge on any atom is -0.300 e. The molecule has 9 heavy (non-hydrogen) atoms. The second kappa shape index (κ2) is 2.30. The van der Waals surface area contributed by atoms with Crippen LogP contribution in [0.15, 0.2) is 0 Å². The molecule has 0 unspecified atom stereocenters. The summed E-state index contributed by atoms with van der Waals surface area (Å²) in [7, 11) is 0. The maximum atomic E-state index is 2.67. The molecule has 0 aromatic heterocycles. The molecule has 1 heteroatoms. The largest absolute Gasteiger partial charge is 0.300 e. The number of likely N-dealkylation sites (tertiary alicyclic amines) is 1. The predicted molar refractivity (Wildman–Crippen MR) is 38.4 cm³/mol. The molecule has 0 bridgehead atoms. The molecule has 2 aliphatic rings. The lowest BCUT2D eigenvalue weighted by Crippen LogP contribution is -2.37. The van der Waals surface area contributed by atoms with Crippen molar-refractivity contribution in [2.75, 3.05) is 13.1 Å². The third kappa shape index (κ3) is 0.983. The van der Waals surface area contributed by atoms with Crippen LogP contribution in [0.3, 0.4) is 0 Å². The van der Waals surface area contributed by atoms with Gasteiger partial charge in [0.05, 0.1) is 0 Å². The summed E-state index contributed by atoms with van der Waals surface area (Å²) in [4.78, 5) is 2.67. The normalized spacial score (nSPS) is 30.7. The Morgan fingerprint density at radius 3 is 2.00 bits per heavy atom. The highest BCUT2D eigenvalue weighted by Gasteiger charge is 2.26. The van der Waals surface area contributed by atoms with Gasteiger partial charge in [-0.1, -0.05) is 6.42 Å². The molecular weight excluding hydrogens is 110 g/mol. The van der Waals surface area contributed by atoms with Crippen LogP contribution in [0.25, 0.3) is 0 Å². The fourth-order valence-electron chi connectivity index (χ4n) is 1.86. The number of hydrogen-bond acceptors (Lipinski definition) is 1. The molecule has 0 aromatic rings. The Kier molecular flexibility index (Phi) is 1.46. The van der Waals surface area contributed by atoms with Gasteiger partial charge in [0.15, 0.2) is 0 Å². The van der Waals surface area contributed by atoms with Crippen LogP contribution in [0.2, 0.25) is 0 Å². The number of nitrogens with zero attached hydrogens (tertiary/aromatic N) is 1. The molecule has 2 rings (SSSR count). The summed E-state index contributed by atoms with van der Waals surface area (Å²) in [5.74, 6) is 0. The van der Waals surface area contributed by atoms with Gasteiger partial charge >= 0.3 is 0 Å². The monoisotopic (exact) mass is 125 g/mol. The zero-order chi connectivity index (χ0) is 6.10. The van der Waals surface area contributed by atoms with Crippen LogP contribution in [-0.2, 0) is 0 Å². The lowest BCUT2D eigenvalue weighted by atomic mass is 9.92. The van der Waals surface area contributed by atoms with Gasteiger partial charge in [-0.2, -0.15) is 0 Å².